The second kappa shape index (κ2) is 6.35. The molecule has 3 N–H and O–H groups in total. The van der Waals surface area contributed by atoms with Crippen molar-refractivity contribution in [2.45, 2.75) is 19.9 Å². The van der Waals surface area contributed by atoms with E-state index in [1.165, 1.54) is 12.1 Å². The van der Waals surface area contributed by atoms with Crippen molar-refractivity contribution in [1.82, 2.24) is 0 Å². The van der Waals surface area contributed by atoms with E-state index < -0.39 is 12.3 Å². The third kappa shape index (κ3) is 3.56. The molecule has 2 rings (SSSR count). The van der Waals surface area contributed by atoms with Crippen molar-refractivity contribution in [3.63, 3.8) is 0 Å². The first-order valence-electron chi connectivity index (χ1n) is 6.49. The number of halogens is 2. The van der Waals surface area contributed by atoms with Gasteiger partial charge < -0.3 is 11.1 Å². The van der Waals surface area contributed by atoms with Crippen LogP contribution < -0.4 is 11.1 Å². The van der Waals surface area contributed by atoms with Gasteiger partial charge in [-0.3, -0.25) is 4.79 Å². The molecule has 0 spiro atoms. The van der Waals surface area contributed by atoms with Gasteiger partial charge in [-0.05, 0) is 36.2 Å². The Bertz CT molecular complexity index is 656. The maximum atomic E-state index is 12.6. The van der Waals surface area contributed by atoms with Crippen LogP contribution in [0.2, 0.25) is 0 Å². The van der Waals surface area contributed by atoms with Crippen LogP contribution in [-0.2, 0) is 6.54 Å². The predicted molar refractivity (Wildman–Crippen MR) is 78.4 cm³/mol. The van der Waals surface area contributed by atoms with Crippen molar-refractivity contribution in [2.24, 2.45) is 5.73 Å². The number of benzene rings is 2. The minimum Gasteiger partial charge on any atom is -0.381 e. The number of carbonyl (C=O) groups is 1. The van der Waals surface area contributed by atoms with Gasteiger partial charge in [0.25, 0.3) is 6.43 Å². The fraction of sp³-hybridized carbons (Fsp3) is 0.188. The molecule has 2 aromatic carbocycles. The van der Waals surface area contributed by atoms with Crippen molar-refractivity contribution < 1.29 is 13.6 Å². The molecule has 0 saturated carbocycles. The molecule has 5 heteroatoms. The summed E-state index contributed by atoms with van der Waals surface area (Å²) in [7, 11) is 0. The Morgan fingerprint density at radius 3 is 2.62 bits per heavy atom. The minimum absolute atomic E-state index is 0.00286. The summed E-state index contributed by atoms with van der Waals surface area (Å²) in [6.07, 6.45) is -2.48. The van der Waals surface area contributed by atoms with Crippen LogP contribution in [0.5, 0.6) is 0 Å². The topological polar surface area (TPSA) is 55.1 Å². The molecule has 0 saturated heterocycles. The minimum atomic E-state index is -2.48. The van der Waals surface area contributed by atoms with Crippen molar-refractivity contribution in [3.05, 3.63) is 64.7 Å². The molecule has 0 atom stereocenters. The zero-order valence-corrected chi connectivity index (χ0v) is 11.6. The Labute approximate surface area is 121 Å². The molecule has 0 aromatic heterocycles. The number of anilines is 1. The van der Waals surface area contributed by atoms with Crippen LogP contribution in [0.3, 0.4) is 0 Å². The average molecular weight is 290 g/mol. The first kappa shape index (κ1) is 15.0. The second-order valence-electron chi connectivity index (χ2n) is 4.74. The smallest absolute Gasteiger partial charge is 0.263 e. The first-order valence-corrected chi connectivity index (χ1v) is 6.49. The van der Waals surface area contributed by atoms with Crippen LogP contribution in [0.4, 0.5) is 14.5 Å². The number of hydrogen-bond acceptors (Lipinski definition) is 2. The van der Waals surface area contributed by atoms with Crippen molar-refractivity contribution >= 4 is 11.6 Å². The summed E-state index contributed by atoms with van der Waals surface area (Å²) in [4.78, 5) is 11.3. The SMILES string of the molecule is Cc1c(NCc2cccc(C(F)F)c2)cccc1C(N)=O. The lowest BCUT2D eigenvalue weighted by Crippen LogP contribution is -2.13. The monoisotopic (exact) mass is 290 g/mol. The number of rotatable bonds is 5. The van der Waals surface area contributed by atoms with Gasteiger partial charge in [-0.1, -0.05) is 24.3 Å². The highest BCUT2D eigenvalue weighted by molar-refractivity contribution is 5.95. The normalized spacial score (nSPS) is 10.7. The van der Waals surface area contributed by atoms with Crippen LogP contribution in [0.15, 0.2) is 42.5 Å². The Kier molecular flexibility index (Phi) is 4.52. The number of nitrogens with two attached hydrogens (primary N) is 1. The van der Waals surface area contributed by atoms with E-state index in [-0.39, 0.29) is 5.56 Å². The van der Waals surface area contributed by atoms with E-state index in [9.17, 15) is 13.6 Å². The van der Waals surface area contributed by atoms with Gasteiger partial charge in [0.05, 0.1) is 0 Å². The lowest BCUT2D eigenvalue weighted by Gasteiger charge is -2.12. The summed E-state index contributed by atoms with van der Waals surface area (Å²) in [5, 5.41) is 3.14. The summed E-state index contributed by atoms with van der Waals surface area (Å²) in [5.74, 6) is -0.490. The average Bonchev–Trinajstić information content (AvgIpc) is 2.46. The molecule has 2 aromatic rings. The first-order chi connectivity index (χ1) is 9.99. The molecule has 1 amide bonds. The molecule has 0 fully saturated rings. The summed E-state index contributed by atoms with van der Waals surface area (Å²) in [6.45, 7) is 2.18. The third-order valence-electron chi connectivity index (χ3n) is 3.29. The van der Waals surface area contributed by atoms with Gasteiger partial charge in [-0.2, -0.15) is 0 Å². The number of nitrogens with one attached hydrogen (secondary N) is 1. The van der Waals surface area contributed by atoms with Gasteiger partial charge in [0, 0.05) is 23.4 Å². The standard InChI is InChI=1S/C16H16F2N2O/c1-10-13(16(19)21)6-3-7-14(10)20-9-11-4-2-5-12(8-11)15(17)18/h2-8,15,20H,9H2,1H3,(H2,19,21). The van der Waals surface area contributed by atoms with Crippen molar-refractivity contribution in [1.29, 1.82) is 0 Å². The molecule has 0 aliphatic heterocycles. The highest BCUT2D eigenvalue weighted by atomic mass is 19.3. The fourth-order valence-electron chi connectivity index (χ4n) is 2.13. The Morgan fingerprint density at radius 2 is 1.95 bits per heavy atom. The molecule has 0 unspecified atom stereocenters. The summed E-state index contributed by atoms with van der Waals surface area (Å²) < 4.78 is 25.3. The molecule has 0 aliphatic rings. The Hall–Kier alpha value is -2.43. The molecule has 3 nitrogen and oxygen atoms in total. The van der Waals surface area contributed by atoms with Crippen LogP contribution in [-0.4, -0.2) is 5.91 Å². The van der Waals surface area contributed by atoms with Gasteiger partial charge in [0.1, 0.15) is 0 Å². The number of alkyl halides is 2. The van der Waals surface area contributed by atoms with Crippen molar-refractivity contribution in [3.8, 4) is 0 Å². The third-order valence-corrected chi connectivity index (χ3v) is 3.29. The van der Waals surface area contributed by atoms with Crippen LogP contribution in [0, 0.1) is 6.92 Å². The van der Waals surface area contributed by atoms with Gasteiger partial charge in [0.2, 0.25) is 5.91 Å². The fourth-order valence-corrected chi connectivity index (χ4v) is 2.13. The van der Waals surface area contributed by atoms with Crippen LogP contribution >= 0.6 is 0 Å². The molecule has 0 bridgehead atoms. The predicted octanol–water partition coefficient (Wildman–Crippen LogP) is 3.64. The van der Waals surface area contributed by atoms with Gasteiger partial charge >= 0.3 is 0 Å². The molecule has 0 aliphatic carbocycles. The number of carbonyl (C=O) groups excluding carboxylic acids is 1. The second-order valence-corrected chi connectivity index (χ2v) is 4.74. The largest absolute Gasteiger partial charge is 0.381 e. The number of amides is 1. The zero-order valence-electron chi connectivity index (χ0n) is 11.6. The van der Waals surface area contributed by atoms with Crippen LogP contribution in [0.1, 0.15) is 33.5 Å². The molecule has 0 radical (unpaired) electrons. The van der Waals surface area contributed by atoms with E-state index in [1.807, 2.05) is 6.07 Å². The van der Waals surface area contributed by atoms with Crippen molar-refractivity contribution in [2.75, 3.05) is 5.32 Å². The van der Waals surface area contributed by atoms with E-state index in [0.717, 1.165) is 16.8 Å². The molecule has 0 heterocycles. The zero-order chi connectivity index (χ0) is 15.4. The van der Waals surface area contributed by atoms with E-state index in [0.29, 0.717) is 12.1 Å². The quantitative estimate of drug-likeness (QED) is 0.883. The van der Waals surface area contributed by atoms with Gasteiger partial charge in [0.15, 0.2) is 0 Å². The lowest BCUT2D eigenvalue weighted by atomic mass is 10.1. The maximum Gasteiger partial charge on any atom is 0.263 e. The summed E-state index contributed by atoms with van der Waals surface area (Å²) >= 11 is 0. The van der Waals surface area contributed by atoms with E-state index in [1.54, 1.807) is 31.2 Å². The Balaban J connectivity index is 2.15. The number of hydrogen-bond donors (Lipinski definition) is 2. The molecular weight excluding hydrogens is 274 g/mol. The maximum absolute atomic E-state index is 12.6. The van der Waals surface area contributed by atoms with E-state index in [4.69, 9.17) is 5.73 Å². The molecule has 110 valence electrons. The lowest BCUT2D eigenvalue weighted by molar-refractivity contribution is 0.0999. The summed E-state index contributed by atoms with van der Waals surface area (Å²) in [5.41, 5.74) is 7.99. The highest BCUT2D eigenvalue weighted by Gasteiger charge is 2.09. The van der Waals surface area contributed by atoms with Gasteiger partial charge in [-0.15, -0.1) is 0 Å². The van der Waals surface area contributed by atoms with E-state index in [2.05, 4.69) is 5.32 Å². The summed E-state index contributed by atoms with van der Waals surface area (Å²) in [6, 6.07) is 11.4. The van der Waals surface area contributed by atoms with Crippen LogP contribution in [0.25, 0.3) is 0 Å². The highest BCUT2D eigenvalue weighted by Crippen LogP contribution is 2.22. The molecule has 21 heavy (non-hydrogen) atoms. The molecular formula is C16H16F2N2O. The van der Waals surface area contributed by atoms with Gasteiger partial charge in [-0.25, -0.2) is 8.78 Å². The number of primary amides is 1. The Morgan fingerprint density at radius 1 is 1.24 bits per heavy atom. The van der Waals surface area contributed by atoms with E-state index >= 15 is 0 Å².